The molecule has 0 fully saturated rings. The molecule has 2 heteroatoms. The molecule has 0 saturated heterocycles. The summed E-state index contributed by atoms with van der Waals surface area (Å²) in [5, 5.41) is 8.19. The largest absolute Gasteiger partial charge is 0.292 e. The second kappa shape index (κ2) is 3.69. The number of hydrogen-bond acceptors (Lipinski definition) is 2. The molecule has 2 nitrogen and oxygen atoms in total. The summed E-state index contributed by atoms with van der Waals surface area (Å²) in [6, 6.07) is 9.74. The average Bonchev–Trinajstić information content (AvgIpc) is 2.03. The lowest BCUT2D eigenvalue weighted by molar-refractivity contribution is 0.215. The fourth-order valence-electron chi connectivity index (χ4n) is 0.698. The van der Waals surface area contributed by atoms with Crippen molar-refractivity contribution in [1.29, 1.82) is 0 Å². The second-order valence-electron chi connectivity index (χ2n) is 1.87. The van der Waals surface area contributed by atoms with Crippen molar-refractivity contribution in [3.05, 3.63) is 42.1 Å². The Bertz CT molecular complexity index is 206. The number of hydrogen-bond donors (Lipinski definition) is 2. The minimum absolute atomic E-state index is 1.06. The molecule has 0 aliphatic heterocycles. The van der Waals surface area contributed by atoms with Gasteiger partial charge < -0.3 is 0 Å². The number of hydroxylamine groups is 1. The molecule has 52 valence electrons. The molecule has 10 heavy (non-hydrogen) atoms. The Labute approximate surface area is 59.8 Å². The molecule has 0 radical (unpaired) electrons. The monoisotopic (exact) mass is 135 g/mol. The minimum atomic E-state index is 1.06. The Hall–Kier alpha value is -1.28. The van der Waals surface area contributed by atoms with Crippen LogP contribution in [0.4, 0.5) is 0 Å². The first-order chi connectivity index (χ1) is 4.93. The topological polar surface area (TPSA) is 32.3 Å². The zero-order valence-electron chi connectivity index (χ0n) is 5.49. The van der Waals surface area contributed by atoms with Crippen molar-refractivity contribution < 1.29 is 5.21 Å². The third-order valence-corrected chi connectivity index (χ3v) is 1.15. The fourth-order valence-corrected chi connectivity index (χ4v) is 0.698. The SMILES string of the molecule is ON/C=C/c1ccccc1. The van der Waals surface area contributed by atoms with E-state index in [2.05, 4.69) is 0 Å². The van der Waals surface area contributed by atoms with Crippen molar-refractivity contribution in [3.63, 3.8) is 0 Å². The van der Waals surface area contributed by atoms with E-state index in [1.807, 2.05) is 35.8 Å². The minimum Gasteiger partial charge on any atom is -0.292 e. The maximum absolute atomic E-state index is 8.19. The predicted octanol–water partition coefficient (Wildman–Crippen LogP) is 1.64. The first kappa shape index (κ1) is 6.83. The Kier molecular flexibility index (Phi) is 2.52. The molecule has 2 N–H and O–H groups in total. The lowest BCUT2D eigenvalue weighted by Crippen LogP contribution is -1.91. The molecule has 1 rings (SSSR count). The summed E-state index contributed by atoms with van der Waals surface area (Å²) in [4.78, 5) is 0. The fraction of sp³-hybridized carbons (Fsp3) is 0. The summed E-state index contributed by atoms with van der Waals surface area (Å²) < 4.78 is 0. The third kappa shape index (κ3) is 1.91. The van der Waals surface area contributed by atoms with Crippen molar-refractivity contribution in [2.75, 3.05) is 0 Å². The van der Waals surface area contributed by atoms with Crippen LogP contribution in [0.15, 0.2) is 36.5 Å². The quantitative estimate of drug-likeness (QED) is 0.604. The Morgan fingerprint density at radius 2 is 1.90 bits per heavy atom. The van der Waals surface area contributed by atoms with E-state index in [1.54, 1.807) is 6.08 Å². The van der Waals surface area contributed by atoms with Gasteiger partial charge in [-0.15, -0.1) is 0 Å². The van der Waals surface area contributed by atoms with Gasteiger partial charge in [-0.2, -0.15) is 0 Å². The van der Waals surface area contributed by atoms with E-state index in [4.69, 9.17) is 5.21 Å². The molecule has 0 saturated carbocycles. The Morgan fingerprint density at radius 1 is 1.20 bits per heavy atom. The summed E-state index contributed by atoms with van der Waals surface area (Å²) in [5.41, 5.74) is 2.99. The van der Waals surface area contributed by atoms with Gasteiger partial charge in [0, 0.05) is 6.20 Å². The highest BCUT2D eigenvalue weighted by Gasteiger charge is 1.79. The van der Waals surface area contributed by atoms with Gasteiger partial charge in [-0.1, -0.05) is 30.3 Å². The molecule has 0 spiro atoms. The zero-order valence-corrected chi connectivity index (χ0v) is 5.49. The van der Waals surface area contributed by atoms with Crippen LogP contribution in [0.1, 0.15) is 5.56 Å². The highest BCUT2D eigenvalue weighted by molar-refractivity contribution is 5.47. The number of nitrogens with one attached hydrogen (secondary N) is 1. The van der Waals surface area contributed by atoms with Crippen LogP contribution in [0.2, 0.25) is 0 Å². The summed E-state index contributed by atoms with van der Waals surface area (Å²) in [7, 11) is 0. The standard InChI is InChI=1S/C8H9NO/c10-9-7-6-8-4-2-1-3-5-8/h1-7,9-10H/b7-6+. The molecule has 1 aromatic rings. The third-order valence-electron chi connectivity index (χ3n) is 1.15. The molecule has 0 atom stereocenters. The van der Waals surface area contributed by atoms with Gasteiger partial charge in [-0.25, -0.2) is 0 Å². The van der Waals surface area contributed by atoms with Crippen LogP contribution in [0.5, 0.6) is 0 Å². The summed E-state index contributed by atoms with van der Waals surface area (Å²) >= 11 is 0. The van der Waals surface area contributed by atoms with E-state index >= 15 is 0 Å². The molecule has 0 unspecified atom stereocenters. The Balaban J connectivity index is 2.67. The smallest absolute Gasteiger partial charge is 0.0246 e. The van der Waals surface area contributed by atoms with E-state index in [1.165, 1.54) is 6.20 Å². The van der Waals surface area contributed by atoms with E-state index in [0.29, 0.717) is 0 Å². The van der Waals surface area contributed by atoms with Gasteiger partial charge in [0.2, 0.25) is 0 Å². The van der Waals surface area contributed by atoms with Crippen LogP contribution < -0.4 is 5.48 Å². The van der Waals surface area contributed by atoms with Crippen LogP contribution in [-0.2, 0) is 0 Å². The molecule has 0 bridgehead atoms. The van der Waals surface area contributed by atoms with Crippen LogP contribution in [-0.4, -0.2) is 5.21 Å². The summed E-state index contributed by atoms with van der Waals surface area (Å²) in [5.74, 6) is 0. The highest BCUT2D eigenvalue weighted by Crippen LogP contribution is 1.98. The van der Waals surface area contributed by atoms with Gasteiger partial charge in [-0.05, 0) is 11.6 Å². The maximum atomic E-state index is 8.19. The van der Waals surface area contributed by atoms with Crippen molar-refractivity contribution in [3.8, 4) is 0 Å². The summed E-state index contributed by atoms with van der Waals surface area (Å²) in [6.07, 6.45) is 3.25. The molecule has 0 aromatic heterocycles. The van der Waals surface area contributed by atoms with Gasteiger partial charge in [0.25, 0.3) is 0 Å². The van der Waals surface area contributed by atoms with Gasteiger partial charge >= 0.3 is 0 Å². The van der Waals surface area contributed by atoms with Crippen LogP contribution in [0.25, 0.3) is 6.08 Å². The molecule has 0 heterocycles. The average molecular weight is 135 g/mol. The summed E-state index contributed by atoms with van der Waals surface area (Å²) in [6.45, 7) is 0. The van der Waals surface area contributed by atoms with Crippen molar-refractivity contribution in [2.24, 2.45) is 0 Å². The highest BCUT2D eigenvalue weighted by atomic mass is 16.5. The van der Waals surface area contributed by atoms with E-state index in [9.17, 15) is 0 Å². The van der Waals surface area contributed by atoms with E-state index in [-0.39, 0.29) is 0 Å². The first-order valence-corrected chi connectivity index (χ1v) is 3.04. The molecular weight excluding hydrogens is 126 g/mol. The van der Waals surface area contributed by atoms with Crippen LogP contribution in [0.3, 0.4) is 0 Å². The van der Waals surface area contributed by atoms with Gasteiger partial charge in [-0.3, -0.25) is 10.7 Å². The van der Waals surface area contributed by atoms with Gasteiger partial charge in [0.1, 0.15) is 0 Å². The van der Waals surface area contributed by atoms with E-state index < -0.39 is 0 Å². The van der Waals surface area contributed by atoms with Crippen molar-refractivity contribution >= 4 is 6.08 Å². The van der Waals surface area contributed by atoms with Crippen molar-refractivity contribution in [2.45, 2.75) is 0 Å². The number of rotatable bonds is 2. The predicted molar refractivity (Wildman–Crippen MR) is 40.4 cm³/mol. The lowest BCUT2D eigenvalue weighted by atomic mass is 10.2. The lowest BCUT2D eigenvalue weighted by Gasteiger charge is -1.89. The van der Waals surface area contributed by atoms with Gasteiger partial charge in [0.15, 0.2) is 0 Å². The number of benzene rings is 1. The Morgan fingerprint density at radius 3 is 2.50 bits per heavy atom. The van der Waals surface area contributed by atoms with Crippen molar-refractivity contribution in [1.82, 2.24) is 5.48 Å². The molecular formula is C8H9NO. The second-order valence-corrected chi connectivity index (χ2v) is 1.87. The van der Waals surface area contributed by atoms with E-state index in [0.717, 1.165) is 5.56 Å². The van der Waals surface area contributed by atoms with Crippen LogP contribution >= 0.6 is 0 Å². The molecule has 0 amide bonds. The molecule has 0 aliphatic carbocycles. The maximum Gasteiger partial charge on any atom is 0.0246 e. The molecule has 1 aromatic carbocycles. The van der Waals surface area contributed by atoms with Gasteiger partial charge in [0.05, 0.1) is 0 Å². The molecule has 0 aliphatic rings. The zero-order chi connectivity index (χ0) is 7.23. The first-order valence-electron chi connectivity index (χ1n) is 3.04. The normalized spacial score (nSPS) is 10.1. The van der Waals surface area contributed by atoms with Crippen LogP contribution in [0, 0.1) is 0 Å².